The van der Waals surface area contributed by atoms with E-state index in [0.29, 0.717) is 16.3 Å². The molecule has 0 saturated carbocycles. The average Bonchev–Trinajstić information content (AvgIpc) is 2.32. The molecular formula is C14H12BrClO2. The van der Waals surface area contributed by atoms with E-state index < -0.39 is 6.10 Å². The number of halogens is 2. The molecule has 0 fully saturated rings. The Morgan fingerprint density at radius 2 is 1.72 bits per heavy atom. The molecule has 0 radical (unpaired) electrons. The SMILES string of the molecule is CC(O)c1ccc(Oc2ccc(Br)cc2)cc1Cl. The molecule has 2 nitrogen and oxygen atoms in total. The average molecular weight is 328 g/mol. The molecule has 0 aromatic heterocycles. The Morgan fingerprint density at radius 3 is 2.28 bits per heavy atom. The Hall–Kier alpha value is -1.03. The van der Waals surface area contributed by atoms with Crippen molar-refractivity contribution in [1.29, 1.82) is 0 Å². The minimum absolute atomic E-state index is 0.500. The number of aliphatic hydroxyl groups is 1. The lowest BCUT2D eigenvalue weighted by molar-refractivity contribution is 0.199. The van der Waals surface area contributed by atoms with Crippen LogP contribution >= 0.6 is 27.5 Å². The molecule has 18 heavy (non-hydrogen) atoms. The van der Waals surface area contributed by atoms with Crippen molar-refractivity contribution in [1.82, 2.24) is 0 Å². The Kier molecular flexibility index (Phi) is 4.27. The zero-order valence-corrected chi connectivity index (χ0v) is 12.1. The summed E-state index contributed by atoms with van der Waals surface area (Å²) in [5, 5.41) is 9.98. The van der Waals surface area contributed by atoms with Crippen LogP contribution in [0.15, 0.2) is 46.9 Å². The van der Waals surface area contributed by atoms with Crippen LogP contribution in [0.3, 0.4) is 0 Å². The van der Waals surface area contributed by atoms with Crippen LogP contribution in [0.4, 0.5) is 0 Å². The van der Waals surface area contributed by atoms with Gasteiger partial charge in [0.1, 0.15) is 11.5 Å². The highest BCUT2D eigenvalue weighted by Crippen LogP contribution is 2.30. The van der Waals surface area contributed by atoms with Crippen LogP contribution in [0.25, 0.3) is 0 Å². The van der Waals surface area contributed by atoms with Gasteiger partial charge in [-0.2, -0.15) is 0 Å². The summed E-state index contributed by atoms with van der Waals surface area (Å²) in [6, 6.07) is 12.8. The molecule has 1 atom stereocenters. The van der Waals surface area contributed by atoms with Crippen LogP contribution in [0.1, 0.15) is 18.6 Å². The molecule has 0 aliphatic heterocycles. The smallest absolute Gasteiger partial charge is 0.128 e. The second-order valence-electron chi connectivity index (χ2n) is 3.92. The van der Waals surface area contributed by atoms with Gasteiger partial charge in [-0.15, -0.1) is 0 Å². The monoisotopic (exact) mass is 326 g/mol. The molecule has 2 aromatic rings. The molecule has 2 rings (SSSR count). The quantitative estimate of drug-likeness (QED) is 0.864. The number of aliphatic hydroxyl groups excluding tert-OH is 1. The first-order valence-electron chi connectivity index (χ1n) is 5.47. The van der Waals surface area contributed by atoms with E-state index in [0.717, 1.165) is 10.2 Å². The van der Waals surface area contributed by atoms with Crippen molar-refractivity contribution in [2.75, 3.05) is 0 Å². The van der Waals surface area contributed by atoms with E-state index in [2.05, 4.69) is 15.9 Å². The predicted octanol–water partition coefficient (Wildman–Crippen LogP) is 4.95. The van der Waals surface area contributed by atoms with Crippen molar-refractivity contribution in [3.63, 3.8) is 0 Å². The highest BCUT2D eigenvalue weighted by atomic mass is 79.9. The third-order valence-electron chi connectivity index (χ3n) is 2.47. The van der Waals surface area contributed by atoms with Crippen molar-refractivity contribution in [3.8, 4) is 11.5 Å². The number of benzene rings is 2. The van der Waals surface area contributed by atoms with Crippen molar-refractivity contribution < 1.29 is 9.84 Å². The molecule has 0 bridgehead atoms. The second kappa shape index (κ2) is 5.74. The largest absolute Gasteiger partial charge is 0.457 e. The minimum Gasteiger partial charge on any atom is -0.457 e. The van der Waals surface area contributed by atoms with E-state index in [1.54, 1.807) is 25.1 Å². The molecule has 0 aliphatic carbocycles. The van der Waals surface area contributed by atoms with Crippen LogP contribution in [0, 0.1) is 0 Å². The molecule has 0 amide bonds. The predicted molar refractivity (Wildman–Crippen MR) is 76.3 cm³/mol. The third-order valence-corrected chi connectivity index (χ3v) is 3.33. The molecule has 1 N–H and O–H groups in total. The summed E-state index contributed by atoms with van der Waals surface area (Å²) in [6.07, 6.45) is -0.584. The highest BCUT2D eigenvalue weighted by molar-refractivity contribution is 9.10. The minimum atomic E-state index is -0.584. The fourth-order valence-corrected chi connectivity index (χ4v) is 2.14. The van der Waals surface area contributed by atoms with E-state index in [9.17, 15) is 5.11 Å². The normalized spacial score (nSPS) is 12.2. The van der Waals surface area contributed by atoms with Crippen LogP contribution in [-0.4, -0.2) is 5.11 Å². The number of hydrogen-bond acceptors (Lipinski definition) is 2. The highest BCUT2D eigenvalue weighted by Gasteiger charge is 2.08. The van der Waals surface area contributed by atoms with E-state index in [1.165, 1.54) is 0 Å². The van der Waals surface area contributed by atoms with Gasteiger partial charge < -0.3 is 9.84 Å². The molecule has 0 aliphatic rings. The van der Waals surface area contributed by atoms with Crippen molar-refractivity contribution in [3.05, 3.63) is 57.5 Å². The molecular weight excluding hydrogens is 316 g/mol. The lowest BCUT2D eigenvalue weighted by Crippen LogP contribution is -1.93. The maximum atomic E-state index is 9.49. The fraction of sp³-hybridized carbons (Fsp3) is 0.143. The maximum Gasteiger partial charge on any atom is 0.128 e. The number of rotatable bonds is 3. The Bertz CT molecular complexity index is 538. The summed E-state index contributed by atoms with van der Waals surface area (Å²) in [5.74, 6) is 1.38. The van der Waals surface area contributed by atoms with Crippen molar-refractivity contribution >= 4 is 27.5 Å². The van der Waals surface area contributed by atoms with Gasteiger partial charge in [-0.25, -0.2) is 0 Å². The molecule has 0 heterocycles. The topological polar surface area (TPSA) is 29.5 Å². The van der Waals surface area contributed by atoms with Gasteiger partial charge in [0, 0.05) is 4.47 Å². The Labute approximate surface area is 119 Å². The summed E-state index contributed by atoms with van der Waals surface area (Å²) in [6.45, 7) is 1.68. The second-order valence-corrected chi connectivity index (χ2v) is 5.24. The van der Waals surface area contributed by atoms with Crippen molar-refractivity contribution in [2.24, 2.45) is 0 Å². The van der Waals surface area contributed by atoms with E-state index in [-0.39, 0.29) is 0 Å². The molecule has 1 unspecified atom stereocenters. The van der Waals surface area contributed by atoms with Gasteiger partial charge in [0.25, 0.3) is 0 Å². The zero-order chi connectivity index (χ0) is 13.1. The zero-order valence-electron chi connectivity index (χ0n) is 9.73. The molecule has 2 aromatic carbocycles. The molecule has 0 saturated heterocycles. The van der Waals surface area contributed by atoms with Crippen LogP contribution in [0.5, 0.6) is 11.5 Å². The Morgan fingerprint density at radius 1 is 1.11 bits per heavy atom. The summed E-state index contributed by atoms with van der Waals surface area (Å²) in [4.78, 5) is 0. The first-order chi connectivity index (χ1) is 8.56. The molecule has 4 heteroatoms. The van der Waals surface area contributed by atoms with Gasteiger partial charge >= 0.3 is 0 Å². The molecule has 0 spiro atoms. The van der Waals surface area contributed by atoms with E-state index in [1.807, 2.05) is 24.3 Å². The molecule has 94 valence electrons. The fourth-order valence-electron chi connectivity index (χ4n) is 1.55. The van der Waals surface area contributed by atoms with Gasteiger partial charge in [-0.1, -0.05) is 33.6 Å². The lowest BCUT2D eigenvalue weighted by Gasteiger charge is -2.10. The summed E-state index contributed by atoms with van der Waals surface area (Å²) in [5.41, 5.74) is 0.694. The summed E-state index contributed by atoms with van der Waals surface area (Å²) >= 11 is 9.43. The summed E-state index contributed by atoms with van der Waals surface area (Å²) < 4.78 is 6.66. The third kappa shape index (κ3) is 3.25. The van der Waals surface area contributed by atoms with Gasteiger partial charge in [0.15, 0.2) is 0 Å². The number of ether oxygens (including phenoxy) is 1. The van der Waals surface area contributed by atoms with Gasteiger partial charge in [0.2, 0.25) is 0 Å². The van der Waals surface area contributed by atoms with E-state index in [4.69, 9.17) is 16.3 Å². The Balaban J connectivity index is 2.20. The first-order valence-corrected chi connectivity index (χ1v) is 6.64. The van der Waals surface area contributed by atoms with E-state index >= 15 is 0 Å². The summed E-state index contributed by atoms with van der Waals surface area (Å²) in [7, 11) is 0. The van der Waals surface area contributed by atoms with Gasteiger partial charge in [0.05, 0.1) is 11.1 Å². The lowest BCUT2D eigenvalue weighted by atomic mass is 10.1. The standard InChI is InChI=1S/C14H12BrClO2/c1-9(17)13-7-6-12(8-14(13)16)18-11-4-2-10(15)3-5-11/h2-9,17H,1H3. The first kappa shape index (κ1) is 13.4. The van der Waals surface area contributed by atoms with Crippen molar-refractivity contribution in [2.45, 2.75) is 13.0 Å². The van der Waals surface area contributed by atoms with Crippen LogP contribution < -0.4 is 4.74 Å². The van der Waals surface area contributed by atoms with Gasteiger partial charge in [-0.05, 0) is 48.9 Å². The maximum absolute atomic E-state index is 9.49. The van der Waals surface area contributed by atoms with Crippen LogP contribution in [-0.2, 0) is 0 Å². The number of hydrogen-bond donors (Lipinski definition) is 1. The van der Waals surface area contributed by atoms with Gasteiger partial charge in [-0.3, -0.25) is 0 Å². The van der Waals surface area contributed by atoms with Crippen LogP contribution in [0.2, 0.25) is 5.02 Å².